The summed E-state index contributed by atoms with van der Waals surface area (Å²) in [5, 5.41) is 0. The molecule has 0 radical (unpaired) electrons. The maximum absolute atomic E-state index is 10.6. The van der Waals surface area contributed by atoms with E-state index in [4.69, 9.17) is 11.5 Å². The maximum Gasteiger partial charge on any atom is 0.220 e. The van der Waals surface area contributed by atoms with Crippen molar-refractivity contribution in [3.05, 3.63) is 0 Å². The van der Waals surface area contributed by atoms with Gasteiger partial charge in [0.2, 0.25) is 5.91 Å². The van der Waals surface area contributed by atoms with E-state index in [2.05, 4.69) is 4.99 Å². The standard InChI is InChI=1S/C8H17N3O/c1-6(8(10)12)4-3-5-11-7(2)9/h6H,3-5H2,1-2H3,(H2,9,11)(H2,10,12)/t6-/m1/s1. The molecule has 0 saturated heterocycles. The minimum atomic E-state index is -0.247. The van der Waals surface area contributed by atoms with Crippen molar-refractivity contribution < 1.29 is 4.79 Å². The maximum atomic E-state index is 10.6. The largest absolute Gasteiger partial charge is 0.388 e. The van der Waals surface area contributed by atoms with Crippen LogP contribution in [0.25, 0.3) is 0 Å². The van der Waals surface area contributed by atoms with Gasteiger partial charge in [-0.15, -0.1) is 0 Å². The second-order valence-corrected chi connectivity index (χ2v) is 2.97. The smallest absolute Gasteiger partial charge is 0.220 e. The molecule has 0 aliphatic heterocycles. The van der Waals surface area contributed by atoms with Crippen LogP contribution in [0.4, 0.5) is 0 Å². The SMILES string of the molecule is CC(N)=NCCC[C@@H](C)C(N)=O. The molecule has 70 valence electrons. The first-order chi connectivity index (χ1) is 5.54. The number of amides is 1. The molecule has 0 fully saturated rings. The van der Waals surface area contributed by atoms with Crippen LogP contribution in [0.3, 0.4) is 0 Å². The van der Waals surface area contributed by atoms with Crippen LogP contribution in [0.1, 0.15) is 26.7 Å². The highest BCUT2D eigenvalue weighted by Gasteiger charge is 2.06. The number of nitrogens with two attached hydrogens (primary N) is 2. The molecule has 1 atom stereocenters. The van der Waals surface area contributed by atoms with E-state index >= 15 is 0 Å². The molecule has 0 aliphatic carbocycles. The molecule has 0 bridgehead atoms. The van der Waals surface area contributed by atoms with Crippen molar-refractivity contribution in [2.45, 2.75) is 26.7 Å². The Balaban J connectivity index is 3.44. The van der Waals surface area contributed by atoms with E-state index in [-0.39, 0.29) is 11.8 Å². The average Bonchev–Trinajstić information content (AvgIpc) is 1.97. The zero-order valence-electron chi connectivity index (χ0n) is 7.71. The third-order valence-electron chi connectivity index (χ3n) is 1.64. The van der Waals surface area contributed by atoms with E-state index in [0.717, 1.165) is 12.8 Å². The van der Waals surface area contributed by atoms with Crippen molar-refractivity contribution in [3.63, 3.8) is 0 Å². The van der Waals surface area contributed by atoms with Crippen LogP contribution < -0.4 is 11.5 Å². The number of carbonyl (C=O) groups is 1. The number of amidine groups is 1. The second-order valence-electron chi connectivity index (χ2n) is 2.97. The first kappa shape index (κ1) is 10.9. The highest BCUT2D eigenvalue weighted by molar-refractivity contribution is 5.77. The van der Waals surface area contributed by atoms with Gasteiger partial charge >= 0.3 is 0 Å². The lowest BCUT2D eigenvalue weighted by molar-refractivity contribution is -0.121. The molecule has 4 heteroatoms. The van der Waals surface area contributed by atoms with Gasteiger partial charge in [-0.3, -0.25) is 9.79 Å². The van der Waals surface area contributed by atoms with Gasteiger partial charge in [0, 0.05) is 12.5 Å². The summed E-state index contributed by atoms with van der Waals surface area (Å²) in [6, 6.07) is 0. The quantitative estimate of drug-likeness (QED) is 0.353. The lowest BCUT2D eigenvalue weighted by Gasteiger charge is -2.04. The first-order valence-corrected chi connectivity index (χ1v) is 4.10. The summed E-state index contributed by atoms with van der Waals surface area (Å²) in [6.07, 6.45) is 1.64. The van der Waals surface area contributed by atoms with E-state index in [0.29, 0.717) is 12.4 Å². The predicted molar refractivity (Wildman–Crippen MR) is 49.8 cm³/mol. The topological polar surface area (TPSA) is 81.5 Å². The van der Waals surface area contributed by atoms with Crippen molar-refractivity contribution in [2.75, 3.05) is 6.54 Å². The number of hydrogen-bond acceptors (Lipinski definition) is 2. The van der Waals surface area contributed by atoms with Gasteiger partial charge in [0.1, 0.15) is 0 Å². The Morgan fingerprint density at radius 1 is 1.50 bits per heavy atom. The summed E-state index contributed by atoms with van der Waals surface area (Å²) in [6.45, 7) is 4.25. The van der Waals surface area contributed by atoms with E-state index in [1.54, 1.807) is 6.92 Å². The molecule has 0 unspecified atom stereocenters. The number of primary amides is 1. The lowest BCUT2D eigenvalue weighted by Crippen LogP contribution is -2.20. The zero-order chi connectivity index (χ0) is 9.56. The second kappa shape index (κ2) is 5.57. The van der Waals surface area contributed by atoms with Crippen LogP contribution in [0.2, 0.25) is 0 Å². The molecule has 0 saturated carbocycles. The fourth-order valence-corrected chi connectivity index (χ4v) is 0.795. The van der Waals surface area contributed by atoms with Crippen LogP contribution in [-0.2, 0) is 4.79 Å². The molecule has 0 aliphatic rings. The van der Waals surface area contributed by atoms with E-state index in [9.17, 15) is 4.79 Å². The monoisotopic (exact) mass is 171 g/mol. The van der Waals surface area contributed by atoms with Gasteiger partial charge in [-0.25, -0.2) is 0 Å². The number of aliphatic imine (C=N–C) groups is 1. The van der Waals surface area contributed by atoms with Gasteiger partial charge in [0.15, 0.2) is 0 Å². The molecule has 4 N–H and O–H groups in total. The third-order valence-corrected chi connectivity index (χ3v) is 1.64. The summed E-state index contributed by atoms with van der Waals surface area (Å²) < 4.78 is 0. The van der Waals surface area contributed by atoms with E-state index in [1.807, 2.05) is 6.92 Å². The van der Waals surface area contributed by atoms with Gasteiger partial charge in [-0.2, -0.15) is 0 Å². The minimum absolute atomic E-state index is 0.0571. The fraction of sp³-hybridized carbons (Fsp3) is 0.750. The van der Waals surface area contributed by atoms with Gasteiger partial charge < -0.3 is 11.5 Å². The highest BCUT2D eigenvalue weighted by Crippen LogP contribution is 2.03. The summed E-state index contributed by atoms with van der Waals surface area (Å²) in [4.78, 5) is 14.6. The number of carbonyl (C=O) groups excluding carboxylic acids is 1. The van der Waals surface area contributed by atoms with Crippen molar-refractivity contribution in [2.24, 2.45) is 22.4 Å². The van der Waals surface area contributed by atoms with Crippen molar-refractivity contribution >= 4 is 11.7 Å². The van der Waals surface area contributed by atoms with Gasteiger partial charge in [0.05, 0.1) is 5.84 Å². The van der Waals surface area contributed by atoms with Gasteiger partial charge in [-0.05, 0) is 19.8 Å². The van der Waals surface area contributed by atoms with E-state index < -0.39 is 0 Å². The Morgan fingerprint density at radius 3 is 2.50 bits per heavy atom. The van der Waals surface area contributed by atoms with Crippen LogP contribution in [0, 0.1) is 5.92 Å². The molecular formula is C8H17N3O. The minimum Gasteiger partial charge on any atom is -0.388 e. The van der Waals surface area contributed by atoms with E-state index in [1.165, 1.54) is 0 Å². The molecule has 12 heavy (non-hydrogen) atoms. The Hall–Kier alpha value is -1.06. The van der Waals surface area contributed by atoms with Crippen molar-refractivity contribution in [1.29, 1.82) is 0 Å². The van der Waals surface area contributed by atoms with Gasteiger partial charge in [0.25, 0.3) is 0 Å². The third kappa shape index (κ3) is 5.70. The van der Waals surface area contributed by atoms with Crippen molar-refractivity contribution in [1.82, 2.24) is 0 Å². The molecule has 0 aromatic rings. The van der Waals surface area contributed by atoms with Crippen LogP contribution in [-0.4, -0.2) is 18.3 Å². The first-order valence-electron chi connectivity index (χ1n) is 4.10. The molecule has 0 rings (SSSR count). The lowest BCUT2D eigenvalue weighted by atomic mass is 10.1. The van der Waals surface area contributed by atoms with Crippen LogP contribution >= 0.6 is 0 Å². The Labute approximate surface area is 73.0 Å². The number of rotatable bonds is 5. The van der Waals surface area contributed by atoms with Gasteiger partial charge in [-0.1, -0.05) is 6.92 Å². The van der Waals surface area contributed by atoms with Crippen LogP contribution in [0.5, 0.6) is 0 Å². The van der Waals surface area contributed by atoms with Crippen molar-refractivity contribution in [3.8, 4) is 0 Å². The number of hydrogen-bond donors (Lipinski definition) is 2. The summed E-state index contributed by atoms with van der Waals surface area (Å²) in [5.41, 5.74) is 10.4. The molecule has 0 aromatic heterocycles. The Morgan fingerprint density at radius 2 is 2.08 bits per heavy atom. The molecule has 0 heterocycles. The predicted octanol–water partition coefficient (Wildman–Crippen LogP) is 0.265. The number of nitrogens with zero attached hydrogens (tertiary/aromatic N) is 1. The molecule has 0 spiro atoms. The van der Waals surface area contributed by atoms with Crippen LogP contribution in [0.15, 0.2) is 4.99 Å². The Bertz CT molecular complexity index is 173. The fourth-order valence-electron chi connectivity index (χ4n) is 0.795. The zero-order valence-corrected chi connectivity index (χ0v) is 7.71. The molecule has 0 aromatic carbocycles. The highest BCUT2D eigenvalue weighted by atomic mass is 16.1. The molecular weight excluding hydrogens is 154 g/mol. The Kier molecular flexibility index (Phi) is 5.08. The molecule has 4 nitrogen and oxygen atoms in total. The summed E-state index contributed by atoms with van der Waals surface area (Å²) in [5.74, 6) is 0.281. The normalized spacial score (nSPS) is 14.3. The molecule has 1 amide bonds. The summed E-state index contributed by atoms with van der Waals surface area (Å²) in [7, 11) is 0. The average molecular weight is 171 g/mol. The summed E-state index contributed by atoms with van der Waals surface area (Å²) >= 11 is 0.